The Labute approximate surface area is 264 Å². The second kappa shape index (κ2) is 16.3. The number of rotatable bonds is 15. The molecule has 0 spiro atoms. The van der Waals surface area contributed by atoms with Crippen molar-refractivity contribution in [1.29, 1.82) is 0 Å². The summed E-state index contributed by atoms with van der Waals surface area (Å²) in [6, 6.07) is 9.55. The van der Waals surface area contributed by atoms with Gasteiger partial charge in [-0.15, -0.1) is 0 Å². The number of unbranched alkanes of at least 4 members (excludes halogenated alkanes) is 1. The zero-order chi connectivity index (χ0) is 32.4. The lowest BCUT2D eigenvalue weighted by atomic mass is 10.1. The molecule has 45 heavy (non-hydrogen) atoms. The van der Waals surface area contributed by atoms with Gasteiger partial charge in [0, 0.05) is 50.0 Å². The summed E-state index contributed by atoms with van der Waals surface area (Å²) in [5.74, 6) is -0.721. The summed E-state index contributed by atoms with van der Waals surface area (Å²) in [5.41, 5.74) is 1.39. The number of carbonyl (C=O) groups is 3. The molecule has 1 aromatic carbocycles. The zero-order valence-electron chi connectivity index (χ0n) is 26.2. The Balaban J connectivity index is 1.56. The summed E-state index contributed by atoms with van der Waals surface area (Å²) in [4.78, 5) is 52.3. The molecule has 3 amide bonds. The predicted octanol–water partition coefficient (Wildman–Crippen LogP) is 3.68. The third-order valence-corrected chi connectivity index (χ3v) is 9.90. The maximum atomic E-state index is 13.9. The third-order valence-electron chi connectivity index (χ3n) is 7.78. The Hall–Kier alpha value is -3.38. The van der Waals surface area contributed by atoms with Crippen LogP contribution in [0.2, 0.25) is 0 Å². The van der Waals surface area contributed by atoms with Crippen molar-refractivity contribution in [2.45, 2.75) is 52.0 Å². The maximum absolute atomic E-state index is 13.9. The number of amides is 3. The van der Waals surface area contributed by atoms with Gasteiger partial charge in [-0.1, -0.05) is 43.7 Å². The van der Waals surface area contributed by atoms with Gasteiger partial charge in [-0.05, 0) is 38.7 Å². The predicted molar refractivity (Wildman–Crippen MR) is 167 cm³/mol. The van der Waals surface area contributed by atoms with Gasteiger partial charge in [0.2, 0.25) is 5.91 Å². The van der Waals surface area contributed by atoms with Gasteiger partial charge in [-0.3, -0.25) is 14.2 Å². The first-order valence-corrected chi connectivity index (χ1v) is 17.4. The molecule has 0 bridgehead atoms. The van der Waals surface area contributed by atoms with Crippen molar-refractivity contribution in [3.8, 4) is 11.4 Å². The fourth-order valence-electron chi connectivity index (χ4n) is 5.20. The summed E-state index contributed by atoms with van der Waals surface area (Å²) in [6.07, 6.45) is 1.62. The Morgan fingerprint density at radius 1 is 1.02 bits per heavy atom. The lowest BCUT2D eigenvalue weighted by Gasteiger charge is -2.36. The monoisotopic (exact) mass is 645 g/mol. The molecule has 2 fully saturated rings. The normalized spacial score (nSPS) is 18.8. The number of carbonyl (C=O) groups excluding carboxylic acids is 3. The van der Waals surface area contributed by atoms with E-state index in [1.165, 1.54) is 4.90 Å². The zero-order valence-corrected chi connectivity index (χ0v) is 27.1. The third kappa shape index (κ3) is 9.32. The van der Waals surface area contributed by atoms with Gasteiger partial charge >= 0.3 is 13.7 Å². The molecule has 4 rings (SSSR count). The van der Waals surface area contributed by atoms with Crippen LogP contribution < -0.4 is 5.32 Å². The van der Waals surface area contributed by atoms with E-state index in [4.69, 9.17) is 13.8 Å². The maximum Gasteiger partial charge on any atom is 0.409 e. The molecule has 14 heteroatoms. The summed E-state index contributed by atoms with van der Waals surface area (Å²) < 4.78 is 29.8. The van der Waals surface area contributed by atoms with Crippen LogP contribution >= 0.6 is 7.60 Å². The molecule has 2 heterocycles. The molecule has 2 N–H and O–H groups in total. The first-order chi connectivity index (χ1) is 21.7. The van der Waals surface area contributed by atoms with Crippen molar-refractivity contribution in [3.63, 3.8) is 0 Å². The minimum Gasteiger partial charge on any atom is -0.449 e. The smallest absolute Gasteiger partial charge is 0.409 e. The molecule has 246 valence electrons. The first-order valence-electron chi connectivity index (χ1n) is 15.7. The highest BCUT2D eigenvalue weighted by atomic mass is 31.2. The Kier molecular flexibility index (Phi) is 12.5. The number of hydrogen-bond donors (Lipinski definition) is 2. The van der Waals surface area contributed by atoms with Crippen molar-refractivity contribution in [2.24, 2.45) is 5.92 Å². The van der Waals surface area contributed by atoms with Crippen molar-refractivity contribution in [2.75, 3.05) is 58.8 Å². The van der Waals surface area contributed by atoms with E-state index in [0.29, 0.717) is 23.7 Å². The molecule has 1 aliphatic heterocycles. The fraction of sp³-hybridized carbons (Fsp3) is 0.581. The van der Waals surface area contributed by atoms with E-state index in [2.05, 4.69) is 15.3 Å². The van der Waals surface area contributed by atoms with E-state index in [-0.39, 0.29) is 69.7 Å². The number of nitrogens with zero attached hydrogens (tertiary/aromatic N) is 4. The van der Waals surface area contributed by atoms with Gasteiger partial charge < -0.3 is 34.0 Å². The van der Waals surface area contributed by atoms with Gasteiger partial charge in [0.15, 0.2) is 5.82 Å². The number of nitrogens with one attached hydrogen (secondary N) is 1. The topological polar surface area (TPSA) is 160 Å². The van der Waals surface area contributed by atoms with E-state index >= 15 is 0 Å². The van der Waals surface area contributed by atoms with Crippen LogP contribution in [0.4, 0.5) is 4.79 Å². The van der Waals surface area contributed by atoms with E-state index in [1.54, 1.807) is 24.8 Å². The second-order valence-corrected chi connectivity index (χ2v) is 13.2. The molecule has 0 radical (unpaired) electrons. The van der Waals surface area contributed by atoms with Crippen LogP contribution in [-0.4, -0.2) is 108 Å². The van der Waals surface area contributed by atoms with Crippen LogP contribution in [-0.2, 0) is 23.1 Å². The van der Waals surface area contributed by atoms with Crippen molar-refractivity contribution in [3.05, 3.63) is 47.8 Å². The quantitative estimate of drug-likeness (QED) is 0.216. The highest BCUT2D eigenvalue weighted by Crippen LogP contribution is 2.49. The SMILES string of the molecule is CCCCOC(=O)N1CCN(C(=O)[C@H](CP(=O)(OCC)OCC)NC(=O)c2cc([C@H]3C[C@@H]3CO)nc(-c3ccccc3)n2)CC1. The van der Waals surface area contributed by atoms with Crippen LogP contribution in [0.25, 0.3) is 11.4 Å². The number of hydrogen-bond acceptors (Lipinski definition) is 10. The van der Waals surface area contributed by atoms with E-state index in [0.717, 1.165) is 19.3 Å². The highest BCUT2D eigenvalue weighted by Gasteiger charge is 2.40. The van der Waals surface area contributed by atoms with Crippen LogP contribution in [0, 0.1) is 5.92 Å². The van der Waals surface area contributed by atoms with Gasteiger partial charge in [-0.25, -0.2) is 14.8 Å². The first kappa shape index (κ1) is 34.5. The van der Waals surface area contributed by atoms with Gasteiger partial charge in [-0.2, -0.15) is 0 Å². The number of aromatic nitrogens is 2. The Bertz CT molecular complexity index is 1340. The molecular formula is C31H44N5O8P. The number of aliphatic hydroxyl groups is 1. The van der Waals surface area contributed by atoms with Crippen molar-refractivity contribution < 1.29 is 37.8 Å². The molecule has 3 atom stereocenters. The molecule has 13 nitrogen and oxygen atoms in total. The van der Waals surface area contributed by atoms with Crippen LogP contribution in [0.5, 0.6) is 0 Å². The standard InChI is InChI=1S/C31H44N5O8P/c1-4-7-17-42-31(40)36-15-13-35(14-16-36)30(39)27(21-45(41,43-5-2)44-6-3)34-29(38)26-19-25(24-18-23(24)20-37)32-28(33-26)22-11-9-8-10-12-22/h8-12,19,23-24,27,37H,4-7,13-18,20-21H2,1-3H3,(H,34,38)/t23-,24+,27+/m1/s1. The lowest BCUT2D eigenvalue weighted by Crippen LogP contribution is -2.57. The van der Waals surface area contributed by atoms with E-state index < -0.39 is 31.5 Å². The highest BCUT2D eigenvalue weighted by molar-refractivity contribution is 7.54. The summed E-state index contributed by atoms with van der Waals surface area (Å²) in [5, 5.41) is 12.4. The largest absolute Gasteiger partial charge is 0.449 e. The van der Waals surface area contributed by atoms with Crippen molar-refractivity contribution in [1.82, 2.24) is 25.1 Å². The van der Waals surface area contributed by atoms with Crippen LogP contribution in [0.1, 0.15) is 62.1 Å². The van der Waals surface area contributed by atoms with Gasteiger partial charge in [0.25, 0.3) is 5.91 Å². The minimum absolute atomic E-state index is 0.00877. The number of ether oxygens (including phenoxy) is 1. The minimum atomic E-state index is -3.76. The van der Waals surface area contributed by atoms with E-state index in [9.17, 15) is 24.1 Å². The fourth-order valence-corrected chi connectivity index (χ4v) is 6.97. The Morgan fingerprint density at radius 3 is 2.29 bits per heavy atom. The van der Waals surface area contributed by atoms with E-state index in [1.807, 2.05) is 37.3 Å². The lowest BCUT2D eigenvalue weighted by molar-refractivity contribution is -0.134. The molecule has 1 aliphatic carbocycles. The number of aliphatic hydroxyl groups excluding tert-OH is 1. The molecule has 1 saturated carbocycles. The molecule has 0 unspecified atom stereocenters. The van der Waals surface area contributed by atoms with Crippen molar-refractivity contribution >= 4 is 25.5 Å². The number of piperazine rings is 1. The average molecular weight is 646 g/mol. The average Bonchev–Trinajstić information content (AvgIpc) is 3.85. The molecular weight excluding hydrogens is 601 g/mol. The Morgan fingerprint density at radius 2 is 1.69 bits per heavy atom. The summed E-state index contributed by atoms with van der Waals surface area (Å²) in [6.45, 7) is 6.83. The summed E-state index contributed by atoms with van der Waals surface area (Å²) >= 11 is 0. The molecule has 2 aliphatic rings. The second-order valence-electron chi connectivity index (χ2n) is 11.1. The van der Waals surface area contributed by atoms with Crippen LogP contribution in [0.15, 0.2) is 36.4 Å². The molecule has 1 aromatic heterocycles. The molecule has 1 saturated heterocycles. The number of benzene rings is 1. The van der Waals surface area contributed by atoms with Gasteiger partial charge in [0.05, 0.1) is 26.0 Å². The van der Waals surface area contributed by atoms with Crippen LogP contribution in [0.3, 0.4) is 0 Å². The molecule has 2 aromatic rings. The van der Waals surface area contributed by atoms with Gasteiger partial charge in [0.1, 0.15) is 11.7 Å². The summed E-state index contributed by atoms with van der Waals surface area (Å²) in [7, 11) is -3.76.